The van der Waals surface area contributed by atoms with Gasteiger partial charge in [0.15, 0.2) is 6.10 Å². The molecule has 0 spiro atoms. The highest BCUT2D eigenvalue weighted by Gasteiger charge is 2.22. The van der Waals surface area contributed by atoms with Gasteiger partial charge in [0.25, 0.3) is 0 Å². The summed E-state index contributed by atoms with van der Waals surface area (Å²) in [6, 6.07) is 0. The summed E-state index contributed by atoms with van der Waals surface area (Å²) in [5.41, 5.74) is 0. The maximum absolute atomic E-state index is 13.2. The molecular formula is C55H98N2O8. The van der Waals surface area contributed by atoms with Crippen LogP contribution in [0.1, 0.15) is 227 Å². The molecule has 0 aliphatic heterocycles. The van der Waals surface area contributed by atoms with Gasteiger partial charge in [0, 0.05) is 32.4 Å². The second-order valence-corrected chi connectivity index (χ2v) is 17.7. The maximum Gasteiger partial charge on any atom is 0.407 e. The summed E-state index contributed by atoms with van der Waals surface area (Å²) in [7, 11) is 1.99. The Hall–Kier alpha value is -3.40. The van der Waals surface area contributed by atoms with Gasteiger partial charge < -0.3 is 29.2 Å². The molecule has 65 heavy (non-hydrogen) atoms. The second kappa shape index (κ2) is 48.5. The van der Waals surface area contributed by atoms with Crippen molar-refractivity contribution in [1.82, 2.24) is 10.2 Å². The van der Waals surface area contributed by atoms with Crippen molar-refractivity contribution in [2.24, 2.45) is 0 Å². The molecule has 0 bridgehead atoms. The summed E-state index contributed by atoms with van der Waals surface area (Å²) < 4.78 is 22.6. The Labute approximate surface area is 398 Å². The zero-order valence-electron chi connectivity index (χ0n) is 42.4. The van der Waals surface area contributed by atoms with Gasteiger partial charge in [0.2, 0.25) is 0 Å². The predicted octanol–water partition coefficient (Wildman–Crippen LogP) is 14.4. The third-order valence-electron chi connectivity index (χ3n) is 11.4. The standard InChI is InChI=1S/C55H98N2O8/c1-6-10-13-16-18-20-22-24-26-28-30-32-34-36-39-42-52(58)62-48-51(49-63-53(59)43-40-37-35-33-31-29-27-25-23-21-19-17-14-11-7-2)64-54(60)45-44-50(41-38-15-12-8-3)65-55(61)56-46-47-57(5)9-4/h18-21,24-27,50-51H,6-17,22-23,28-49H2,1-5H3,(H,56,61)/b20-18-,21-19-,26-24-,27-25-. The SMILES string of the molecule is CCCCC/C=C\C/C=C\CCCCCCCC(=O)OCC(COC(=O)CCCCCCC/C=C\C/C=C\CCCCC)OC(=O)CCC(CCCCCC)OC(=O)NCCN(C)CC. The van der Waals surface area contributed by atoms with E-state index in [1.54, 1.807) is 0 Å². The minimum absolute atomic E-state index is 0.0145. The Morgan fingerprint density at radius 2 is 0.892 bits per heavy atom. The van der Waals surface area contributed by atoms with E-state index in [9.17, 15) is 19.2 Å². The van der Waals surface area contributed by atoms with Crippen molar-refractivity contribution in [1.29, 1.82) is 0 Å². The third-order valence-corrected chi connectivity index (χ3v) is 11.4. The molecular weight excluding hydrogens is 817 g/mol. The van der Waals surface area contributed by atoms with Gasteiger partial charge in [0.05, 0.1) is 0 Å². The van der Waals surface area contributed by atoms with E-state index in [0.717, 1.165) is 122 Å². The first-order valence-corrected chi connectivity index (χ1v) is 26.5. The molecule has 376 valence electrons. The van der Waals surface area contributed by atoms with Crippen molar-refractivity contribution in [3.63, 3.8) is 0 Å². The van der Waals surface area contributed by atoms with Crippen molar-refractivity contribution in [3.8, 4) is 0 Å². The van der Waals surface area contributed by atoms with Crippen LogP contribution in [0.4, 0.5) is 4.79 Å². The molecule has 1 amide bonds. The first kappa shape index (κ1) is 61.6. The number of hydrogen-bond donors (Lipinski definition) is 1. The van der Waals surface area contributed by atoms with E-state index in [0.29, 0.717) is 25.9 Å². The van der Waals surface area contributed by atoms with Crippen LogP contribution in [0.3, 0.4) is 0 Å². The zero-order valence-corrected chi connectivity index (χ0v) is 42.4. The van der Waals surface area contributed by atoms with Crippen LogP contribution in [0.5, 0.6) is 0 Å². The molecule has 10 heteroatoms. The fraction of sp³-hybridized carbons (Fsp3) is 0.782. The van der Waals surface area contributed by atoms with E-state index in [4.69, 9.17) is 18.9 Å². The summed E-state index contributed by atoms with van der Waals surface area (Å²) in [4.78, 5) is 53.3. The number of esters is 3. The third kappa shape index (κ3) is 45.5. The van der Waals surface area contributed by atoms with Crippen molar-refractivity contribution in [3.05, 3.63) is 48.6 Å². The Morgan fingerprint density at radius 1 is 0.462 bits per heavy atom. The van der Waals surface area contributed by atoms with Gasteiger partial charge in [0.1, 0.15) is 19.3 Å². The highest BCUT2D eigenvalue weighted by molar-refractivity contribution is 5.71. The number of nitrogens with zero attached hydrogens (tertiary/aromatic N) is 1. The topological polar surface area (TPSA) is 120 Å². The lowest BCUT2D eigenvalue weighted by atomic mass is 10.1. The number of unbranched alkanes of at least 4 members (excludes halogenated alkanes) is 19. The molecule has 1 N–H and O–H groups in total. The number of rotatable bonds is 46. The average Bonchev–Trinajstić information content (AvgIpc) is 3.30. The fourth-order valence-corrected chi connectivity index (χ4v) is 7.08. The number of alkyl carbamates (subject to hydrolysis) is 1. The van der Waals surface area contributed by atoms with E-state index in [2.05, 4.69) is 86.5 Å². The van der Waals surface area contributed by atoms with Gasteiger partial charge in [-0.25, -0.2) is 4.79 Å². The van der Waals surface area contributed by atoms with Crippen LogP contribution in [-0.2, 0) is 33.3 Å². The van der Waals surface area contributed by atoms with Crippen LogP contribution in [-0.4, -0.2) is 81.0 Å². The van der Waals surface area contributed by atoms with Gasteiger partial charge in [-0.15, -0.1) is 0 Å². The first-order valence-electron chi connectivity index (χ1n) is 26.5. The van der Waals surface area contributed by atoms with Crippen LogP contribution in [0.15, 0.2) is 48.6 Å². The number of likely N-dealkylation sites (N-methyl/N-ethyl adjacent to an activating group) is 1. The van der Waals surface area contributed by atoms with Gasteiger partial charge >= 0.3 is 24.0 Å². The van der Waals surface area contributed by atoms with E-state index >= 15 is 0 Å². The largest absolute Gasteiger partial charge is 0.462 e. The van der Waals surface area contributed by atoms with Crippen LogP contribution >= 0.6 is 0 Å². The van der Waals surface area contributed by atoms with Gasteiger partial charge in [-0.3, -0.25) is 14.4 Å². The Balaban J connectivity index is 4.91. The molecule has 1 unspecified atom stereocenters. The Kier molecular flexibility index (Phi) is 46.0. The van der Waals surface area contributed by atoms with Crippen molar-refractivity contribution < 1.29 is 38.1 Å². The molecule has 0 aliphatic carbocycles. The molecule has 0 aliphatic rings. The molecule has 1 atom stereocenters. The molecule has 0 aromatic carbocycles. The molecule has 0 saturated carbocycles. The van der Waals surface area contributed by atoms with Crippen molar-refractivity contribution in [2.75, 3.05) is 39.9 Å². The summed E-state index contributed by atoms with van der Waals surface area (Å²) in [6.45, 7) is 10.3. The quantitative estimate of drug-likeness (QED) is 0.0275. The van der Waals surface area contributed by atoms with Crippen molar-refractivity contribution in [2.45, 2.75) is 239 Å². The fourth-order valence-electron chi connectivity index (χ4n) is 7.08. The zero-order chi connectivity index (χ0) is 47.7. The smallest absolute Gasteiger partial charge is 0.407 e. The summed E-state index contributed by atoms with van der Waals surface area (Å²) in [5.74, 6) is -1.23. The number of amides is 1. The summed E-state index contributed by atoms with van der Waals surface area (Å²) in [5, 5.41) is 2.82. The second-order valence-electron chi connectivity index (χ2n) is 17.7. The highest BCUT2D eigenvalue weighted by atomic mass is 16.6. The molecule has 10 nitrogen and oxygen atoms in total. The number of allylic oxidation sites excluding steroid dienone is 8. The number of hydrogen-bond acceptors (Lipinski definition) is 9. The van der Waals surface area contributed by atoms with E-state index in [1.165, 1.54) is 51.4 Å². The number of carbonyl (C=O) groups is 4. The van der Waals surface area contributed by atoms with Crippen LogP contribution in [0.2, 0.25) is 0 Å². The van der Waals surface area contributed by atoms with E-state index < -0.39 is 24.3 Å². The van der Waals surface area contributed by atoms with Gasteiger partial charge in [-0.1, -0.05) is 160 Å². The van der Waals surface area contributed by atoms with Gasteiger partial charge in [-0.2, -0.15) is 0 Å². The average molecular weight is 915 g/mol. The molecule has 0 aromatic rings. The number of carbonyl (C=O) groups excluding carboxylic acids is 4. The van der Waals surface area contributed by atoms with Crippen LogP contribution in [0, 0.1) is 0 Å². The monoisotopic (exact) mass is 915 g/mol. The molecule has 0 radical (unpaired) electrons. The Morgan fingerprint density at radius 3 is 1.37 bits per heavy atom. The summed E-state index contributed by atoms with van der Waals surface area (Å²) in [6.07, 6.45) is 46.0. The minimum atomic E-state index is -0.924. The molecule has 0 aromatic heterocycles. The van der Waals surface area contributed by atoms with Crippen LogP contribution < -0.4 is 5.32 Å². The normalized spacial score (nSPS) is 12.4. The molecule has 0 saturated heterocycles. The van der Waals surface area contributed by atoms with Crippen LogP contribution in [0.25, 0.3) is 0 Å². The number of ether oxygens (including phenoxy) is 4. The van der Waals surface area contributed by atoms with Crippen molar-refractivity contribution >= 4 is 24.0 Å². The minimum Gasteiger partial charge on any atom is -0.462 e. The summed E-state index contributed by atoms with van der Waals surface area (Å²) >= 11 is 0. The highest BCUT2D eigenvalue weighted by Crippen LogP contribution is 2.16. The van der Waals surface area contributed by atoms with E-state index in [1.807, 2.05) is 7.05 Å². The lowest BCUT2D eigenvalue weighted by molar-refractivity contribution is -0.167. The molecule has 0 fully saturated rings. The lowest BCUT2D eigenvalue weighted by Crippen LogP contribution is -2.35. The van der Waals surface area contributed by atoms with E-state index in [-0.39, 0.29) is 44.4 Å². The maximum atomic E-state index is 13.2. The van der Waals surface area contributed by atoms with Gasteiger partial charge in [-0.05, 0) is 110 Å². The first-order chi connectivity index (χ1) is 31.7. The number of nitrogens with one attached hydrogen (secondary N) is 1. The predicted molar refractivity (Wildman–Crippen MR) is 270 cm³/mol. The molecule has 0 rings (SSSR count). The molecule has 0 heterocycles. The Bertz CT molecular complexity index is 1190. The lowest BCUT2D eigenvalue weighted by Gasteiger charge is -2.21.